The van der Waals surface area contributed by atoms with Crippen molar-refractivity contribution in [1.82, 2.24) is 0 Å². The maximum Gasteiger partial charge on any atom is 0.187 e. The van der Waals surface area contributed by atoms with E-state index in [-0.39, 0.29) is 52.9 Å². The Labute approximate surface area is 381 Å². The van der Waals surface area contributed by atoms with Gasteiger partial charge < -0.3 is 52.8 Å². The molecule has 0 saturated carbocycles. The van der Waals surface area contributed by atoms with Crippen molar-refractivity contribution < 1.29 is 52.8 Å². The van der Waals surface area contributed by atoms with Crippen LogP contribution < -0.4 is 0 Å². The number of aliphatic hydroxyl groups excluding tert-OH is 2. The lowest BCUT2D eigenvalue weighted by Gasteiger charge is -2.47. The molecule has 2 heterocycles. The molecule has 0 spiro atoms. The number of benzene rings is 6. The molecule has 11 heteroatoms. The highest BCUT2D eigenvalue weighted by Crippen LogP contribution is 2.34. The second-order valence-corrected chi connectivity index (χ2v) is 16.2. The second-order valence-electron chi connectivity index (χ2n) is 16.2. The number of rotatable bonds is 22. The van der Waals surface area contributed by atoms with Gasteiger partial charge in [0, 0.05) is 0 Å². The van der Waals surface area contributed by atoms with Crippen LogP contribution in [-0.2, 0) is 82.3 Å². The van der Waals surface area contributed by atoms with E-state index in [0.29, 0.717) is 0 Å². The van der Waals surface area contributed by atoms with Crippen LogP contribution in [0.4, 0.5) is 0 Å². The van der Waals surface area contributed by atoms with E-state index >= 15 is 0 Å². The van der Waals surface area contributed by atoms with Crippen molar-refractivity contribution in [2.24, 2.45) is 0 Å². The number of aliphatic hydroxyl groups is 2. The smallest absolute Gasteiger partial charge is 0.187 e. The Kier molecular flexibility index (Phi) is 17.4. The molecule has 11 nitrogen and oxygen atoms in total. The van der Waals surface area contributed by atoms with Crippen LogP contribution in [0.2, 0.25) is 0 Å². The molecule has 10 atom stereocenters. The summed E-state index contributed by atoms with van der Waals surface area (Å²) in [4.78, 5) is 0. The van der Waals surface area contributed by atoms with Gasteiger partial charge in [-0.05, 0) is 33.4 Å². The lowest BCUT2D eigenvalue weighted by Crippen LogP contribution is -2.63. The Morgan fingerprint density at radius 1 is 0.323 bits per heavy atom. The molecule has 0 unspecified atom stereocenters. The average molecular weight is 883 g/mol. The molecule has 2 aliphatic rings. The lowest BCUT2D eigenvalue weighted by atomic mass is 9.97. The zero-order valence-electron chi connectivity index (χ0n) is 36.3. The minimum absolute atomic E-state index is 0.123. The van der Waals surface area contributed by atoms with Gasteiger partial charge in [-0.2, -0.15) is 0 Å². The molecule has 65 heavy (non-hydrogen) atoms. The van der Waals surface area contributed by atoms with Crippen LogP contribution in [-0.4, -0.2) is 84.8 Å². The maximum absolute atomic E-state index is 11.8. The molecule has 2 saturated heterocycles. The number of hydrogen-bond acceptors (Lipinski definition) is 11. The van der Waals surface area contributed by atoms with Gasteiger partial charge in [0.05, 0.1) is 52.9 Å². The van der Waals surface area contributed by atoms with E-state index in [0.717, 1.165) is 33.4 Å². The van der Waals surface area contributed by atoms with Gasteiger partial charge >= 0.3 is 0 Å². The molecule has 2 fully saturated rings. The maximum atomic E-state index is 11.8. The third-order valence-corrected chi connectivity index (χ3v) is 11.5. The van der Waals surface area contributed by atoms with Crippen LogP contribution in [0.3, 0.4) is 0 Å². The first-order valence-corrected chi connectivity index (χ1v) is 22.3. The van der Waals surface area contributed by atoms with E-state index in [1.165, 1.54) is 0 Å². The Bertz CT molecular complexity index is 2210. The van der Waals surface area contributed by atoms with Gasteiger partial charge in [-0.3, -0.25) is 0 Å². The minimum atomic E-state index is -1.41. The standard InChI is InChI=1S/C54H58O11/c55-31-45-47(57-32-39-19-7-1-8-20-39)50(60-35-42-25-13-4-14-26-42)52(62-37-44-29-17-6-18-30-44)54(65-45)63-38-46-48(58-33-40-21-9-2-10-22-40)49(59-34-41-23-11-3-12-24-41)51(53(56)64-46)61-36-43-27-15-5-16-28-43/h1-30,45-56H,31-38H2/t45-,46-,47-,48-,49+,50+,51+,52+,53-,54+/m1/s1. The fourth-order valence-electron chi connectivity index (χ4n) is 8.11. The quantitative estimate of drug-likeness (QED) is 0.0691. The van der Waals surface area contributed by atoms with Crippen molar-refractivity contribution in [3.8, 4) is 0 Å². The Morgan fingerprint density at radius 2 is 0.615 bits per heavy atom. The van der Waals surface area contributed by atoms with E-state index < -0.39 is 61.4 Å². The van der Waals surface area contributed by atoms with Crippen molar-refractivity contribution >= 4 is 0 Å². The topological polar surface area (TPSA) is 124 Å². The second kappa shape index (κ2) is 24.4. The first-order valence-electron chi connectivity index (χ1n) is 22.3. The Morgan fingerprint density at radius 3 is 0.969 bits per heavy atom. The highest BCUT2D eigenvalue weighted by atomic mass is 16.7. The number of ether oxygens (including phenoxy) is 9. The van der Waals surface area contributed by atoms with Crippen LogP contribution in [0, 0.1) is 0 Å². The molecule has 6 aromatic carbocycles. The monoisotopic (exact) mass is 882 g/mol. The summed E-state index contributed by atoms with van der Waals surface area (Å²) in [7, 11) is 0. The summed E-state index contributed by atoms with van der Waals surface area (Å²) in [5, 5.41) is 22.7. The molecular formula is C54H58O11. The predicted octanol–water partition coefficient (Wildman–Crippen LogP) is 7.95. The largest absolute Gasteiger partial charge is 0.394 e. The van der Waals surface area contributed by atoms with Crippen molar-refractivity contribution in [2.75, 3.05) is 13.2 Å². The molecule has 0 amide bonds. The molecule has 0 aromatic heterocycles. The molecule has 8 rings (SSSR count). The van der Waals surface area contributed by atoms with Gasteiger partial charge in [-0.1, -0.05) is 182 Å². The predicted molar refractivity (Wildman–Crippen MR) is 243 cm³/mol. The van der Waals surface area contributed by atoms with Crippen molar-refractivity contribution in [3.63, 3.8) is 0 Å². The summed E-state index contributed by atoms with van der Waals surface area (Å²) < 4.78 is 59.8. The van der Waals surface area contributed by atoms with Crippen LogP contribution in [0.5, 0.6) is 0 Å². The lowest BCUT2D eigenvalue weighted by molar-refractivity contribution is -0.348. The molecule has 6 aromatic rings. The van der Waals surface area contributed by atoms with Gasteiger partial charge in [0.25, 0.3) is 0 Å². The molecule has 0 aliphatic carbocycles. The van der Waals surface area contributed by atoms with Crippen molar-refractivity contribution in [3.05, 3.63) is 215 Å². The highest BCUT2D eigenvalue weighted by Gasteiger charge is 2.51. The first-order chi connectivity index (χ1) is 32.1. The van der Waals surface area contributed by atoms with E-state index in [2.05, 4.69) is 0 Å². The van der Waals surface area contributed by atoms with E-state index in [1.54, 1.807) is 0 Å². The minimum Gasteiger partial charge on any atom is -0.394 e. The SMILES string of the molecule is OC[C@H]1O[C@H](OC[C@H]2O[C@@H](O)[C@@H](OCc3ccccc3)[C@@H](OCc3ccccc3)[C@@H]2OCc2ccccc2)[C@@H](OCc2ccccc2)[C@@H](OCc2ccccc2)[C@@H]1OCc1ccccc1. The first kappa shape index (κ1) is 46.4. The van der Waals surface area contributed by atoms with Crippen LogP contribution in [0.15, 0.2) is 182 Å². The Balaban J connectivity index is 1.09. The molecule has 0 radical (unpaired) electrons. The summed E-state index contributed by atoms with van der Waals surface area (Å²) in [6, 6.07) is 58.9. The van der Waals surface area contributed by atoms with E-state index in [1.807, 2.05) is 182 Å². The Hall–Kier alpha value is -5.12. The summed E-state index contributed by atoms with van der Waals surface area (Å²) in [6.45, 7) is 0.863. The summed E-state index contributed by atoms with van der Waals surface area (Å²) in [6.07, 6.45) is -9.14. The molecule has 340 valence electrons. The summed E-state index contributed by atoms with van der Waals surface area (Å²) in [5.41, 5.74) is 5.66. The van der Waals surface area contributed by atoms with Gasteiger partial charge in [-0.15, -0.1) is 0 Å². The third kappa shape index (κ3) is 13.3. The molecule has 2 aliphatic heterocycles. The summed E-state index contributed by atoms with van der Waals surface area (Å²) >= 11 is 0. The zero-order valence-corrected chi connectivity index (χ0v) is 36.3. The van der Waals surface area contributed by atoms with Crippen molar-refractivity contribution in [2.45, 2.75) is 101 Å². The molecule has 2 N–H and O–H groups in total. The summed E-state index contributed by atoms with van der Waals surface area (Å²) in [5.74, 6) is 0. The van der Waals surface area contributed by atoms with Gasteiger partial charge in [-0.25, -0.2) is 0 Å². The fraction of sp³-hybridized carbons (Fsp3) is 0.333. The van der Waals surface area contributed by atoms with Gasteiger partial charge in [0.1, 0.15) is 48.8 Å². The average Bonchev–Trinajstić information content (AvgIpc) is 3.36. The van der Waals surface area contributed by atoms with Gasteiger partial charge in [0.15, 0.2) is 12.6 Å². The van der Waals surface area contributed by atoms with Crippen LogP contribution in [0.1, 0.15) is 33.4 Å². The van der Waals surface area contributed by atoms with Crippen LogP contribution >= 0.6 is 0 Å². The van der Waals surface area contributed by atoms with Crippen molar-refractivity contribution in [1.29, 1.82) is 0 Å². The van der Waals surface area contributed by atoms with Gasteiger partial charge in [0.2, 0.25) is 0 Å². The van der Waals surface area contributed by atoms with E-state index in [4.69, 9.17) is 42.6 Å². The third-order valence-electron chi connectivity index (χ3n) is 11.5. The molecule has 0 bridgehead atoms. The fourth-order valence-corrected chi connectivity index (χ4v) is 8.11. The highest BCUT2D eigenvalue weighted by molar-refractivity contribution is 5.18. The zero-order chi connectivity index (χ0) is 44.5. The molecular weight excluding hydrogens is 825 g/mol. The number of hydrogen-bond donors (Lipinski definition) is 2. The van der Waals surface area contributed by atoms with E-state index in [9.17, 15) is 10.2 Å². The van der Waals surface area contributed by atoms with Crippen LogP contribution in [0.25, 0.3) is 0 Å². The normalized spacial score (nSPS) is 25.6.